The second-order valence-corrected chi connectivity index (χ2v) is 6.26. The van der Waals surface area contributed by atoms with Crippen molar-refractivity contribution in [3.8, 4) is 22.8 Å². The second kappa shape index (κ2) is 10.1. The minimum atomic E-state index is -0.902. The first kappa shape index (κ1) is 22.3. The summed E-state index contributed by atoms with van der Waals surface area (Å²) in [6.45, 7) is -0.242. The number of anilines is 3. The number of ether oxygens (including phenoxy) is 3. The number of primary amides is 1. The van der Waals surface area contributed by atoms with E-state index in [2.05, 4.69) is 25.3 Å². The molecule has 0 aliphatic carbocycles. The molecule has 0 aliphatic rings. The molecule has 0 bridgehead atoms. The van der Waals surface area contributed by atoms with E-state index < -0.39 is 17.8 Å². The van der Waals surface area contributed by atoms with E-state index in [1.165, 1.54) is 14.2 Å². The molecule has 10 nitrogen and oxygen atoms in total. The van der Waals surface area contributed by atoms with E-state index in [4.69, 9.17) is 15.2 Å². The van der Waals surface area contributed by atoms with Gasteiger partial charge in [0, 0.05) is 11.3 Å². The van der Waals surface area contributed by atoms with Gasteiger partial charge in [-0.25, -0.2) is 19.0 Å². The monoisotopic (exact) mass is 441 g/mol. The number of halogens is 1. The zero-order chi connectivity index (χ0) is 23.1. The Hall–Kier alpha value is -4.41. The van der Waals surface area contributed by atoms with Crippen molar-refractivity contribution in [2.24, 2.45) is 5.73 Å². The fourth-order valence-corrected chi connectivity index (χ4v) is 2.69. The van der Waals surface area contributed by atoms with Crippen molar-refractivity contribution >= 4 is 29.5 Å². The van der Waals surface area contributed by atoms with Crippen LogP contribution in [0.4, 0.5) is 26.6 Å². The van der Waals surface area contributed by atoms with E-state index in [0.717, 1.165) is 0 Å². The number of methoxy groups -OCH3 is 2. The number of nitrogens with zero attached hydrogens (tertiary/aromatic N) is 2. The van der Waals surface area contributed by atoms with E-state index in [1.807, 2.05) is 0 Å². The maximum atomic E-state index is 15.3. The largest absolute Gasteiger partial charge is 0.496 e. The van der Waals surface area contributed by atoms with Crippen molar-refractivity contribution < 1.29 is 28.2 Å². The SMILES string of the molecule is COC(=O)COc1ccc(Nc2nc(NC(N)=O)nc(-c3ccccc3OC)c2F)cc1. The number of carbonyl (C=O) groups is 2. The standard InChI is InChI=1S/C21H20FN5O5/c1-30-15-6-4-3-5-14(15)18-17(22)19(26-21(25-18)27-20(23)29)24-12-7-9-13(10-8-12)32-11-16(28)31-2/h3-10H,11H2,1-2H3,(H4,23,24,25,26,27,29). The molecule has 1 heterocycles. The lowest BCUT2D eigenvalue weighted by molar-refractivity contribution is -0.142. The van der Waals surface area contributed by atoms with Crippen molar-refractivity contribution in [2.75, 3.05) is 31.5 Å². The van der Waals surface area contributed by atoms with E-state index in [1.54, 1.807) is 48.5 Å². The first-order valence-corrected chi connectivity index (χ1v) is 9.25. The van der Waals surface area contributed by atoms with Crippen LogP contribution in [-0.2, 0) is 9.53 Å². The average Bonchev–Trinajstić information content (AvgIpc) is 2.80. The number of nitrogens with two attached hydrogens (primary N) is 1. The van der Waals surface area contributed by atoms with Crippen molar-refractivity contribution in [1.82, 2.24) is 9.97 Å². The number of esters is 1. The van der Waals surface area contributed by atoms with Gasteiger partial charge < -0.3 is 25.3 Å². The third kappa shape index (κ3) is 5.39. The lowest BCUT2D eigenvalue weighted by Gasteiger charge is -2.14. The highest BCUT2D eigenvalue weighted by molar-refractivity contribution is 5.86. The van der Waals surface area contributed by atoms with Crippen LogP contribution in [0.1, 0.15) is 0 Å². The summed E-state index contributed by atoms with van der Waals surface area (Å²) in [5.74, 6) is -0.888. The Bertz CT molecular complexity index is 1120. The number of amides is 2. The van der Waals surface area contributed by atoms with Crippen molar-refractivity contribution in [3.05, 3.63) is 54.3 Å². The topological polar surface area (TPSA) is 138 Å². The number of hydrogen-bond acceptors (Lipinski definition) is 8. The van der Waals surface area contributed by atoms with Gasteiger partial charge in [0.2, 0.25) is 5.95 Å². The molecule has 0 radical (unpaired) electrons. The Morgan fingerprint density at radius 3 is 2.44 bits per heavy atom. The Morgan fingerprint density at radius 1 is 1.06 bits per heavy atom. The van der Waals surface area contributed by atoms with E-state index >= 15 is 4.39 Å². The van der Waals surface area contributed by atoms with Gasteiger partial charge in [0.05, 0.1) is 14.2 Å². The summed E-state index contributed by atoms with van der Waals surface area (Å²) in [5.41, 5.74) is 5.90. The zero-order valence-corrected chi connectivity index (χ0v) is 17.2. The summed E-state index contributed by atoms with van der Waals surface area (Å²) in [4.78, 5) is 30.6. The Labute approximate surface area is 182 Å². The predicted octanol–water partition coefficient (Wildman–Crippen LogP) is 3.08. The normalized spacial score (nSPS) is 10.2. The van der Waals surface area contributed by atoms with Crippen LogP contribution < -0.4 is 25.8 Å². The Balaban J connectivity index is 1.93. The molecule has 0 unspecified atom stereocenters. The van der Waals surface area contributed by atoms with Gasteiger partial charge >= 0.3 is 12.0 Å². The van der Waals surface area contributed by atoms with Crippen LogP contribution in [0.25, 0.3) is 11.3 Å². The quantitative estimate of drug-likeness (QED) is 0.454. The molecule has 2 amide bonds. The fourth-order valence-electron chi connectivity index (χ4n) is 2.69. The molecule has 0 saturated heterocycles. The number of hydrogen-bond donors (Lipinski definition) is 3. The first-order valence-electron chi connectivity index (χ1n) is 9.25. The highest BCUT2D eigenvalue weighted by Crippen LogP contribution is 2.34. The average molecular weight is 441 g/mol. The molecule has 2 aromatic carbocycles. The maximum absolute atomic E-state index is 15.3. The molecule has 4 N–H and O–H groups in total. The van der Waals surface area contributed by atoms with Gasteiger partial charge in [0.25, 0.3) is 0 Å². The molecule has 0 saturated carbocycles. The Morgan fingerprint density at radius 2 is 1.78 bits per heavy atom. The molecule has 0 atom stereocenters. The van der Waals surface area contributed by atoms with Crippen LogP contribution in [0.5, 0.6) is 11.5 Å². The summed E-state index contributed by atoms with van der Waals surface area (Å²) in [5, 5.41) is 5.08. The van der Waals surface area contributed by atoms with Gasteiger partial charge in [-0.3, -0.25) is 5.32 Å². The molecule has 1 aromatic heterocycles. The molecule has 166 valence electrons. The van der Waals surface area contributed by atoms with Gasteiger partial charge in [-0.05, 0) is 36.4 Å². The summed E-state index contributed by atoms with van der Waals surface area (Å²) in [6, 6.07) is 12.1. The first-order chi connectivity index (χ1) is 15.4. The molecule has 0 spiro atoms. The van der Waals surface area contributed by atoms with Crippen molar-refractivity contribution in [3.63, 3.8) is 0 Å². The molecule has 11 heteroatoms. The molecule has 32 heavy (non-hydrogen) atoms. The zero-order valence-electron chi connectivity index (χ0n) is 17.2. The molecular weight excluding hydrogens is 421 g/mol. The number of nitrogens with one attached hydrogen (secondary N) is 2. The van der Waals surface area contributed by atoms with Gasteiger partial charge in [-0.15, -0.1) is 0 Å². The van der Waals surface area contributed by atoms with Gasteiger partial charge in [0.1, 0.15) is 17.2 Å². The minimum absolute atomic E-state index is 0.0956. The van der Waals surface area contributed by atoms with Crippen LogP contribution in [0.3, 0.4) is 0 Å². The van der Waals surface area contributed by atoms with E-state index in [9.17, 15) is 9.59 Å². The number of aromatic nitrogens is 2. The summed E-state index contributed by atoms with van der Waals surface area (Å²) < 4.78 is 30.4. The molecule has 3 rings (SSSR count). The summed E-state index contributed by atoms with van der Waals surface area (Å²) in [6.07, 6.45) is 0. The number of para-hydroxylation sites is 1. The van der Waals surface area contributed by atoms with Gasteiger partial charge in [0.15, 0.2) is 18.2 Å². The van der Waals surface area contributed by atoms with Crippen molar-refractivity contribution in [2.45, 2.75) is 0 Å². The Kier molecular flexibility index (Phi) is 7.01. The molecule has 3 aromatic rings. The number of urea groups is 1. The van der Waals surface area contributed by atoms with Gasteiger partial charge in [-0.2, -0.15) is 4.98 Å². The lowest BCUT2D eigenvalue weighted by Crippen LogP contribution is -2.21. The molecule has 0 aliphatic heterocycles. The van der Waals surface area contributed by atoms with Crippen molar-refractivity contribution in [1.29, 1.82) is 0 Å². The maximum Gasteiger partial charge on any atom is 0.343 e. The predicted molar refractivity (Wildman–Crippen MR) is 114 cm³/mol. The number of carbonyl (C=O) groups excluding carboxylic acids is 2. The van der Waals surface area contributed by atoms with E-state index in [0.29, 0.717) is 22.7 Å². The third-order valence-corrected chi connectivity index (χ3v) is 4.15. The van der Waals surface area contributed by atoms with Gasteiger partial charge in [-0.1, -0.05) is 12.1 Å². The summed E-state index contributed by atoms with van der Waals surface area (Å²) >= 11 is 0. The lowest BCUT2D eigenvalue weighted by atomic mass is 10.1. The van der Waals surface area contributed by atoms with Crippen LogP contribution in [0.15, 0.2) is 48.5 Å². The smallest absolute Gasteiger partial charge is 0.343 e. The summed E-state index contributed by atoms with van der Waals surface area (Å²) in [7, 11) is 2.71. The highest BCUT2D eigenvalue weighted by atomic mass is 19.1. The van der Waals surface area contributed by atoms with Crippen LogP contribution >= 0.6 is 0 Å². The second-order valence-electron chi connectivity index (χ2n) is 6.26. The van der Waals surface area contributed by atoms with Crippen LogP contribution in [0, 0.1) is 5.82 Å². The highest BCUT2D eigenvalue weighted by Gasteiger charge is 2.20. The van der Waals surface area contributed by atoms with Crippen LogP contribution in [-0.4, -0.2) is 42.8 Å². The van der Waals surface area contributed by atoms with E-state index in [-0.39, 0.29) is 24.1 Å². The minimum Gasteiger partial charge on any atom is -0.496 e. The number of benzene rings is 2. The third-order valence-electron chi connectivity index (χ3n) is 4.15. The van der Waals surface area contributed by atoms with Crippen LogP contribution in [0.2, 0.25) is 0 Å². The molecule has 0 fully saturated rings. The fraction of sp³-hybridized carbons (Fsp3) is 0.143. The number of rotatable bonds is 8. The molecular formula is C21H20FN5O5.